The zero-order valence-corrected chi connectivity index (χ0v) is 16.0. The molecule has 0 radical (unpaired) electrons. The lowest BCUT2D eigenvalue weighted by molar-refractivity contribution is -0.130. The Morgan fingerprint density at radius 2 is 1.76 bits per heavy atom. The van der Waals surface area contributed by atoms with Gasteiger partial charge in [-0.2, -0.15) is 13.2 Å². The third-order valence-electron chi connectivity index (χ3n) is 3.71. The van der Waals surface area contributed by atoms with Gasteiger partial charge >= 0.3 is 6.18 Å². The number of primary amides is 1. The molecule has 0 aliphatic rings. The molecule has 4 N–H and O–H groups in total. The van der Waals surface area contributed by atoms with Crippen LogP contribution in [-0.4, -0.2) is 34.5 Å². The number of aliphatic hydroxyl groups is 1. The number of rotatable bonds is 6. The molecule has 0 saturated heterocycles. The summed E-state index contributed by atoms with van der Waals surface area (Å²) < 4.78 is 51.9. The fraction of sp³-hybridized carbons (Fsp3) is 0.278. The molecule has 0 saturated carbocycles. The molecule has 1 heterocycles. The van der Waals surface area contributed by atoms with E-state index in [9.17, 15) is 37.1 Å². The molecule has 2 aromatic rings. The first kappa shape index (κ1) is 22.5. The van der Waals surface area contributed by atoms with Gasteiger partial charge in [-0.3, -0.25) is 14.4 Å². The number of thiophene rings is 1. The fourth-order valence-corrected chi connectivity index (χ4v) is 3.31. The van der Waals surface area contributed by atoms with Crippen molar-refractivity contribution < 1.29 is 37.1 Å². The molecule has 6 nitrogen and oxygen atoms in total. The summed E-state index contributed by atoms with van der Waals surface area (Å²) in [5, 5.41) is 11.8. The van der Waals surface area contributed by atoms with Gasteiger partial charge in [0, 0.05) is 5.56 Å². The number of carbonyl (C=O) groups excluding carboxylic acids is 3. The van der Waals surface area contributed by atoms with Crippen LogP contribution in [0.2, 0.25) is 0 Å². The van der Waals surface area contributed by atoms with Gasteiger partial charge in [0.2, 0.25) is 5.78 Å². The lowest BCUT2D eigenvalue weighted by Crippen LogP contribution is -2.36. The third-order valence-corrected chi connectivity index (χ3v) is 4.76. The second kappa shape index (κ2) is 7.91. The van der Waals surface area contributed by atoms with Crippen LogP contribution in [0.15, 0.2) is 24.3 Å². The zero-order chi connectivity index (χ0) is 22.1. The summed E-state index contributed by atoms with van der Waals surface area (Å²) >= 11 is 0.571. The highest BCUT2D eigenvalue weighted by Crippen LogP contribution is 2.32. The van der Waals surface area contributed by atoms with Crippen LogP contribution in [0, 0.1) is 5.82 Å². The molecule has 11 heteroatoms. The lowest BCUT2D eigenvalue weighted by atomic mass is 9.99. The van der Waals surface area contributed by atoms with E-state index < -0.39 is 52.7 Å². The van der Waals surface area contributed by atoms with E-state index in [-0.39, 0.29) is 15.4 Å². The van der Waals surface area contributed by atoms with Crippen LogP contribution >= 0.6 is 11.3 Å². The molecule has 1 aromatic heterocycles. The molecular weight excluding hydrogens is 416 g/mol. The van der Waals surface area contributed by atoms with E-state index in [0.717, 1.165) is 18.2 Å². The van der Waals surface area contributed by atoms with Crippen molar-refractivity contribution >= 4 is 33.9 Å². The largest absolute Gasteiger partial charge is 0.393 e. The highest BCUT2D eigenvalue weighted by Gasteiger charge is 2.31. The number of anilines is 1. The van der Waals surface area contributed by atoms with Crippen molar-refractivity contribution in [2.45, 2.75) is 32.0 Å². The van der Waals surface area contributed by atoms with Gasteiger partial charge in [0.1, 0.15) is 16.4 Å². The Hall–Kier alpha value is -2.79. The molecule has 0 spiro atoms. The zero-order valence-electron chi connectivity index (χ0n) is 15.2. The Morgan fingerprint density at radius 3 is 2.28 bits per heavy atom. The van der Waals surface area contributed by atoms with E-state index in [1.54, 1.807) is 0 Å². The van der Waals surface area contributed by atoms with Gasteiger partial charge in [0.25, 0.3) is 11.8 Å². The van der Waals surface area contributed by atoms with E-state index in [1.165, 1.54) is 13.8 Å². The van der Waals surface area contributed by atoms with Crippen LogP contribution < -0.4 is 11.1 Å². The second-order valence-corrected chi connectivity index (χ2v) is 7.71. The van der Waals surface area contributed by atoms with Crippen LogP contribution in [-0.2, 0) is 11.2 Å². The molecule has 0 atom stereocenters. The number of benzene rings is 1. The van der Waals surface area contributed by atoms with Crippen molar-refractivity contribution in [3.05, 3.63) is 51.7 Å². The van der Waals surface area contributed by atoms with Crippen molar-refractivity contribution in [1.82, 2.24) is 0 Å². The summed E-state index contributed by atoms with van der Waals surface area (Å²) in [6.07, 6.45) is -6.09. The number of ketones is 1. The molecule has 0 aliphatic heterocycles. The van der Waals surface area contributed by atoms with Crippen LogP contribution in [0.1, 0.15) is 45.0 Å². The minimum Gasteiger partial charge on any atom is -0.381 e. The van der Waals surface area contributed by atoms with Crippen molar-refractivity contribution in [1.29, 1.82) is 0 Å². The summed E-state index contributed by atoms with van der Waals surface area (Å²) in [5.74, 6) is -3.80. The molecule has 0 fully saturated rings. The van der Waals surface area contributed by atoms with E-state index in [0.29, 0.717) is 17.4 Å². The smallest absolute Gasteiger partial charge is 0.381 e. The van der Waals surface area contributed by atoms with Crippen LogP contribution in [0.25, 0.3) is 0 Å². The Balaban J connectivity index is 2.49. The van der Waals surface area contributed by atoms with Crippen LogP contribution in [0.3, 0.4) is 0 Å². The van der Waals surface area contributed by atoms with E-state index in [1.807, 2.05) is 0 Å². The van der Waals surface area contributed by atoms with E-state index in [4.69, 9.17) is 5.73 Å². The quantitative estimate of drug-likeness (QED) is 0.482. The lowest BCUT2D eigenvalue weighted by Gasteiger charge is -2.16. The summed E-state index contributed by atoms with van der Waals surface area (Å²) in [6, 6.07) is 3.32. The summed E-state index contributed by atoms with van der Waals surface area (Å²) in [6.45, 7) is 2.37. The molecule has 2 rings (SSSR count). The van der Waals surface area contributed by atoms with Crippen molar-refractivity contribution in [2.75, 3.05) is 5.32 Å². The molecule has 2 amide bonds. The topological polar surface area (TPSA) is 109 Å². The Morgan fingerprint density at radius 1 is 1.14 bits per heavy atom. The van der Waals surface area contributed by atoms with Gasteiger partial charge in [-0.25, -0.2) is 4.39 Å². The van der Waals surface area contributed by atoms with Gasteiger partial charge in [0.15, 0.2) is 0 Å². The molecule has 0 bridgehead atoms. The van der Waals surface area contributed by atoms with Crippen molar-refractivity contribution in [2.24, 2.45) is 5.73 Å². The van der Waals surface area contributed by atoms with Gasteiger partial charge in [-0.1, -0.05) is 6.07 Å². The fourth-order valence-electron chi connectivity index (χ4n) is 2.30. The molecule has 29 heavy (non-hydrogen) atoms. The first-order valence-electron chi connectivity index (χ1n) is 8.06. The second-order valence-electron chi connectivity index (χ2n) is 6.65. The van der Waals surface area contributed by atoms with Crippen molar-refractivity contribution in [3.8, 4) is 0 Å². The third kappa shape index (κ3) is 5.61. The molecule has 0 unspecified atom stereocenters. The van der Waals surface area contributed by atoms with E-state index >= 15 is 0 Å². The molecule has 0 aliphatic carbocycles. The normalized spacial score (nSPS) is 12.0. The molecular formula is C18H16F4N2O4S. The highest BCUT2D eigenvalue weighted by atomic mass is 32.1. The van der Waals surface area contributed by atoms with Gasteiger partial charge in [0.05, 0.1) is 16.9 Å². The Kier molecular flexibility index (Phi) is 6.14. The number of carbonyl (C=O) groups is 3. The molecule has 156 valence electrons. The number of alkyl halides is 3. The van der Waals surface area contributed by atoms with Gasteiger partial charge in [-0.05, 0) is 37.6 Å². The number of nitrogens with two attached hydrogens (primary N) is 1. The number of amides is 2. The maximum absolute atomic E-state index is 13.6. The SMILES string of the molecule is CC(C)(O)C(=O)Nc1sc(C(=O)c2cc(F)ccc2CC(F)(F)F)cc1C(N)=O. The number of hydrogen-bond donors (Lipinski definition) is 3. The maximum atomic E-state index is 13.6. The average molecular weight is 432 g/mol. The van der Waals surface area contributed by atoms with E-state index in [2.05, 4.69) is 5.32 Å². The van der Waals surface area contributed by atoms with Crippen LogP contribution in [0.5, 0.6) is 0 Å². The standard InChI is InChI=1S/C18H16F4N2O4S/c1-17(2,28)16(27)24-15-11(14(23)26)6-12(29-15)13(25)10-5-9(19)4-3-8(10)7-18(20,21)22/h3-6,28H,7H2,1-2H3,(H2,23,26)(H,24,27). The minimum absolute atomic E-state index is 0.165. The van der Waals surface area contributed by atoms with Crippen LogP contribution in [0.4, 0.5) is 22.6 Å². The Bertz CT molecular complexity index is 977. The summed E-state index contributed by atoms with van der Waals surface area (Å²) in [4.78, 5) is 36.1. The van der Waals surface area contributed by atoms with Gasteiger partial charge in [-0.15, -0.1) is 11.3 Å². The first-order chi connectivity index (χ1) is 13.2. The number of nitrogens with one attached hydrogen (secondary N) is 1. The number of hydrogen-bond acceptors (Lipinski definition) is 5. The Labute approximate surface area is 166 Å². The maximum Gasteiger partial charge on any atom is 0.393 e. The predicted octanol–water partition coefficient (Wildman–Crippen LogP) is 3.03. The number of halogens is 4. The highest BCUT2D eigenvalue weighted by molar-refractivity contribution is 7.18. The monoisotopic (exact) mass is 432 g/mol. The molecule has 1 aromatic carbocycles. The summed E-state index contributed by atoms with van der Waals surface area (Å²) in [7, 11) is 0. The first-order valence-corrected chi connectivity index (χ1v) is 8.88. The van der Waals surface area contributed by atoms with Gasteiger partial charge < -0.3 is 16.2 Å². The predicted molar refractivity (Wildman–Crippen MR) is 97.4 cm³/mol. The minimum atomic E-state index is -4.63. The average Bonchev–Trinajstić information content (AvgIpc) is 2.98. The van der Waals surface area contributed by atoms with Crippen molar-refractivity contribution in [3.63, 3.8) is 0 Å². The summed E-state index contributed by atoms with van der Waals surface area (Å²) in [5.41, 5.74) is 2.16.